The quantitative estimate of drug-likeness (QED) is 0.0439. The highest BCUT2D eigenvalue weighted by atomic mass is 31.2. The molecular formula is C36H47N4O10P. The molecule has 0 bridgehead atoms. The van der Waals surface area contributed by atoms with Crippen molar-refractivity contribution in [3.63, 3.8) is 0 Å². The van der Waals surface area contributed by atoms with Crippen molar-refractivity contribution in [3.05, 3.63) is 65.9 Å². The van der Waals surface area contributed by atoms with Gasteiger partial charge in [0, 0.05) is 24.3 Å². The molecule has 2 atom stereocenters. The van der Waals surface area contributed by atoms with Gasteiger partial charge in [0.2, 0.25) is 12.3 Å². The van der Waals surface area contributed by atoms with Crippen molar-refractivity contribution in [2.45, 2.75) is 71.8 Å². The topological polar surface area (TPSA) is 188 Å². The second-order valence-corrected chi connectivity index (χ2v) is 13.9. The number of amides is 3. The molecule has 1 aromatic heterocycles. The SMILES string of the molecule is CCCCC[C@@H](C(=O)NCNC(=O)c1ccc(-c2cc(OCC)cc(P(=O)(O)O)c2)o1)[C@@H](CC)N(C=O)OC(=O)c1cccc(N2CCCC2)c1. The first-order valence-corrected chi connectivity index (χ1v) is 18.9. The van der Waals surface area contributed by atoms with Crippen LogP contribution in [0.25, 0.3) is 11.3 Å². The van der Waals surface area contributed by atoms with Gasteiger partial charge in [0.15, 0.2) is 5.76 Å². The van der Waals surface area contributed by atoms with Gasteiger partial charge in [-0.15, -0.1) is 0 Å². The van der Waals surface area contributed by atoms with Crippen molar-refractivity contribution in [2.24, 2.45) is 5.92 Å². The molecule has 276 valence electrons. The van der Waals surface area contributed by atoms with E-state index in [4.69, 9.17) is 14.0 Å². The molecule has 0 unspecified atom stereocenters. The van der Waals surface area contributed by atoms with Gasteiger partial charge in [-0.05, 0) is 81.1 Å². The fraction of sp³-hybridized carbons (Fsp3) is 0.444. The van der Waals surface area contributed by atoms with Crippen molar-refractivity contribution in [1.82, 2.24) is 15.7 Å². The van der Waals surface area contributed by atoms with Crippen molar-refractivity contribution in [1.29, 1.82) is 0 Å². The zero-order valence-corrected chi connectivity index (χ0v) is 30.1. The van der Waals surface area contributed by atoms with Gasteiger partial charge in [-0.1, -0.05) is 39.2 Å². The molecule has 1 aliphatic heterocycles. The highest BCUT2D eigenvalue weighted by molar-refractivity contribution is 7.60. The van der Waals surface area contributed by atoms with Crippen molar-refractivity contribution < 1.29 is 47.5 Å². The number of nitrogens with zero attached hydrogens (tertiary/aromatic N) is 2. The highest BCUT2D eigenvalue weighted by Crippen LogP contribution is 2.37. The summed E-state index contributed by atoms with van der Waals surface area (Å²) in [7, 11) is -4.61. The number of carbonyl (C=O) groups excluding carboxylic acids is 4. The molecule has 2 heterocycles. The minimum absolute atomic E-state index is 0.0995. The summed E-state index contributed by atoms with van der Waals surface area (Å²) >= 11 is 0. The molecule has 0 saturated carbocycles. The summed E-state index contributed by atoms with van der Waals surface area (Å²) < 4.78 is 23.0. The fourth-order valence-corrected chi connectivity index (χ4v) is 6.67. The first kappa shape index (κ1) is 39.1. The van der Waals surface area contributed by atoms with Crippen LogP contribution in [0.5, 0.6) is 5.75 Å². The Morgan fingerprint density at radius 3 is 2.45 bits per heavy atom. The van der Waals surface area contributed by atoms with Gasteiger partial charge in [0.05, 0.1) is 36.1 Å². The third-order valence-corrected chi connectivity index (χ3v) is 9.61. The Morgan fingerprint density at radius 1 is 1.02 bits per heavy atom. The zero-order chi connectivity index (χ0) is 37.0. The number of carbonyl (C=O) groups is 4. The average molecular weight is 727 g/mol. The largest absolute Gasteiger partial charge is 0.494 e. The molecule has 3 amide bonds. The minimum Gasteiger partial charge on any atom is -0.494 e. The first-order chi connectivity index (χ1) is 24.5. The molecule has 1 fully saturated rings. The Balaban J connectivity index is 1.41. The summed E-state index contributed by atoms with van der Waals surface area (Å²) in [5, 5.41) is 5.94. The maximum Gasteiger partial charge on any atom is 0.363 e. The van der Waals surface area contributed by atoms with E-state index in [1.165, 1.54) is 30.3 Å². The third kappa shape index (κ3) is 10.7. The minimum atomic E-state index is -4.61. The molecule has 0 aliphatic carbocycles. The number of nitrogens with one attached hydrogen (secondary N) is 2. The van der Waals surface area contributed by atoms with Crippen LogP contribution in [0.1, 0.15) is 86.6 Å². The molecule has 15 heteroatoms. The van der Waals surface area contributed by atoms with E-state index < -0.39 is 37.3 Å². The number of furan rings is 1. The van der Waals surface area contributed by atoms with E-state index in [1.807, 2.05) is 13.0 Å². The highest BCUT2D eigenvalue weighted by Gasteiger charge is 2.34. The average Bonchev–Trinajstić information content (AvgIpc) is 3.84. The van der Waals surface area contributed by atoms with Crippen LogP contribution in [0.2, 0.25) is 0 Å². The number of unbranched alkanes of at least 4 members (excludes halogenated alkanes) is 2. The van der Waals surface area contributed by atoms with E-state index in [0.29, 0.717) is 36.8 Å². The molecule has 1 aliphatic rings. The molecule has 14 nitrogen and oxygen atoms in total. The lowest BCUT2D eigenvalue weighted by atomic mass is 9.90. The number of ether oxygens (including phenoxy) is 1. The maximum atomic E-state index is 13.6. The number of benzene rings is 2. The lowest BCUT2D eigenvalue weighted by molar-refractivity contribution is -0.171. The Bertz CT molecular complexity index is 1700. The number of hydrogen-bond acceptors (Lipinski definition) is 9. The molecule has 51 heavy (non-hydrogen) atoms. The van der Waals surface area contributed by atoms with Crippen LogP contribution < -0.4 is 25.6 Å². The van der Waals surface area contributed by atoms with Crippen LogP contribution in [-0.2, 0) is 19.0 Å². The van der Waals surface area contributed by atoms with E-state index in [1.54, 1.807) is 32.0 Å². The van der Waals surface area contributed by atoms with Gasteiger partial charge >= 0.3 is 13.6 Å². The monoisotopic (exact) mass is 726 g/mol. The molecule has 3 aromatic rings. The van der Waals surface area contributed by atoms with Crippen molar-refractivity contribution in [2.75, 3.05) is 31.3 Å². The second kappa shape index (κ2) is 18.5. The van der Waals surface area contributed by atoms with Gasteiger partial charge < -0.3 is 39.3 Å². The Hall–Kier alpha value is -4.65. The van der Waals surface area contributed by atoms with Crippen molar-refractivity contribution >= 4 is 42.8 Å². The van der Waals surface area contributed by atoms with Crippen LogP contribution in [0.4, 0.5) is 5.69 Å². The van der Waals surface area contributed by atoms with E-state index >= 15 is 0 Å². The predicted molar refractivity (Wildman–Crippen MR) is 190 cm³/mol. The summed E-state index contributed by atoms with van der Waals surface area (Å²) in [5.74, 6) is -2.23. The summed E-state index contributed by atoms with van der Waals surface area (Å²) in [6.45, 7) is 7.38. The van der Waals surface area contributed by atoms with Crippen LogP contribution in [0.15, 0.2) is 59.0 Å². The van der Waals surface area contributed by atoms with Crippen LogP contribution in [0, 0.1) is 5.92 Å². The molecule has 1 saturated heterocycles. The molecule has 4 rings (SSSR count). The fourth-order valence-electron chi connectivity index (χ4n) is 6.06. The molecule has 0 radical (unpaired) electrons. The third-order valence-electron chi connectivity index (χ3n) is 8.67. The van der Waals surface area contributed by atoms with Gasteiger partial charge in [-0.2, -0.15) is 5.06 Å². The van der Waals surface area contributed by atoms with Crippen molar-refractivity contribution in [3.8, 4) is 17.1 Å². The molecule has 0 spiro atoms. The van der Waals surface area contributed by atoms with E-state index in [2.05, 4.69) is 15.5 Å². The smallest absolute Gasteiger partial charge is 0.363 e. The Kier molecular flexibility index (Phi) is 14.2. The van der Waals surface area contributed by atoms with Crippen LogP contribution >= 0.6 is 7.60 Å². The van der Waals surface area contributed by atoms with Crippen LogP contribution in [-0.4, -0.2) is 71.5 Å². The van der Waals surface area contributed by atoms with E-state index in [-0.39, 0.29) is 35.9 Å². The number of rotatable bonds is 19. The first-order valence-electron chi connectivity index (χ1n) is 17.3. The number of hydrogen-bond donors (Lipinski definition) is 4. The van der Waals surface area contributed by atoms with E-state index in [0.717, 1.165) is 49.5 Å². The summed E-state index contributed by atoms with van der Waals surface area (Å²) in [6.07, 6.45) is 5.76. The molecule has 2 aromatic carbocycles. The zero-order valence-electron chi connectivity index (χ0n) is 29.2. The Labute approximate surface area is 297 Å². The van der Waals surface area contributed by atoms with E-state index in [9.17, 15) is 33.5 Å². The second-order valence-electron chi connectivity index (χ2n) is 12.2. The van der Waals surface area contributed by atoms with Gasteiger partial charge in [-0.25, -0.2) is 4.79 Å². The normalized spacial score (nSPS) is 14.0. The van der Waals surface area contributed by atoms with Gasteiger partial charge in [0.25, 0.3) is 5.91 Å². The lowest BCUT2D eigenvalue weighted by Gasteiger charge is -2.32. The predicted octanol–water partition coefficient (Wildman–Crippen LogP) is 4.76. The Morgan fingerprint density at radius 2 is 1.78 bits per heavy atom. The maximum absolute atomic E-state index is 13.6. The number of anilines is 1. The molecular weight excluding hydrogens is 679 g/mol. The van der Waals surface area contributed by atoms with Gasteiger partial charge in [0.1, 0.15) is 11.5 Å². The van der Waals surface area contributed by atoms with Gasteiger partial charge in [-0.3, -0.25) is 18.9 Å². The summed E-state index contributed by atoms with van der Waals surface area (Å²) in [5.41, 5.74) is 1.49. The lowest BCUT2D eigenvalue weighted by Crippen LogP contribution is -2.49. The summed E-state index contributed by atoms with van der Waals surface area (Å²) in [4.78, 5) is 79.1. The number of hydroxylamine groups is 2. The molecule has 4 N–H and O–H groups in total. The standard InChI is InChI=1S/C36H47N4O10P/c1-4-7-8-14-30(31(5-2)40(24-41)50-36(44)25-12-11-13-27(19-25)39-17-9-10-18-39)34(42)37-23-38-35(43)33-16-15-32(49-33)26-20-28(48-6-3)22-29(21-26)51(45,46)47/h11-13,15-16,19-22,24,30-31H,4-10,14,17-18,23H2,1-3H3,(H,37,42)(H,38,43)(H2,45,46,47)/t30-,31-/m1/s1. The van der Waals surface area contributed by atoms with Crippen LogP contribution in [0.3, 0.4) is 0 Å². The summed E-state index contributed by atoms with van der Waals surface area (Å²) in [6, 6.07) is 13.2.